The Kier molecular flexibility index (Phi) is 7.12. The Morgan fingerprint density at radius 2 is 1.88 bits per heavy atom. The first-order chi connectivity index (χ1) is 15.5. The van der Waals surface area contributed by atoms with Gasteiger partial charge in [-0.25, -0.2) is 8.78 Å². The molecule has 2 N–H and O–H groups in total. The maximum atomic E-state index is 14.9. The third-order valence-electron chi connectivity index (χ3n) is 4.88. The number of hydrogen-bond acceptors (Lipinski definition) is 4. The van der Waals surface area contributed by atoms with Gasteiger partial charge in [-0.2, -0.15) is 5.26 Å². The summed E-state index contributed by atoms with van der Waals surface area (Å²) in [6, 6.07) is 7.52. The van der Waals surface area contributed by atoms with Crippen LogP contribution in [0.5, 0.6) is 0 Å². The second-order valence-corrected chi connectivity index (χ2v) is 9.15. The maximum Gasteiger partial charge on any atom is 0.257 e. The summed E-state index contributed by atoms with van der Waals surface area (Å²) in [5.74, 6) is -4.99. The average Bonchev–Trinajstić information content (AvgIpc) is 3.40. The van der Waals surface area contributed by atoms with Crippen LogP contribution in [0.2, 0.25) is 5.02 Å². The van der Waals surface area contributed by atoms with Crippen LogP contribution in [-0.4, -0.2) is 29.1 Å². The number of amides is 3. The van der Waals surface area contributed by atoms with E-state index < -0.39 is 57.4 Å². The molecule has 1 aliphatic carbocycles. The van der Waals surface area contributed by atoms with E-state index in [9.17, 15) is 23.2 Å². The zero-order chi connectivity index (χ0) is 24.5. The zero-order valence-corrected chi connectivity index (χ0v) is 19.2. The molecule has 1 atom stereocenters. The highest BCUT2D eigenvalue weighted by Gasteiger charge is 2.56. The molecule has 0 heterocycles. The average molecular weight is 516 g/mol. The number of halogens is 5. The molecule has 0 bridgehead atoms. The van der Waals surface area contributed by atoms with Gasteiger partial charge in [0.05, 0.1) is 28.3 Å². The molecule has 2 aromatic rings. The van der Waals surface area contributed by atoms with Gasteiger partial charge in [0.1, 0.15) is 22.3 Å². The van der Waals surface area contributed by atoms with Crippen molar-refractivity contribution in [2.45, 2.75) is 17.2 Å². The summed E-state index contributed by atoms with van der Waals surface area (Å²) >= 11 is 17.8. The van der Waals surface area contributed by atoms with E-state index in [0.29, 0.717) is 11.3 Å². The van der Waals surface area contributed by atoms with Crippen LogP contribution in [0.1, 0.15) is 23.2 Å². The first-order valence-corrected chi connectivity index (χ1v) is 10.5. The standard InChI is InChI=1S/C21H15Cl3F2N4O3/c1-30(16(31)6-7-27)18-14(25)4-5-15(17(18)26)29-19(32)11-8-10(2-3-13(11)22)28-20(33)12-9-21(12,23)24/h2-5,8,12H,6,9H2,1H3,(H,28,33)(H,29,32). The Morgan fingerprint density at radius 1 is 1.21 bits per heavy atom. The van der Waals surface area contributed by atoms with Crippen LogP contribution in [0.15, 0.2) is 30.3 Å². The normalized spacial score (nSPS) is 15.8. The number of nitrogens with zero attached hydrogens (tertiary/aromatic N) is 2. The smallest absolute Gasteiger partial charge is 0.257 e. The topological polar surface area (TPSA) is 102 Å². The van der Waals surface area contributed by atoms with Crippen molar-refractivity contribution in [2.75, 3.05) is 22.6 Å². The molecule has 3 rings (SSSR count). The minimum absolute atomic E-state index is 0.00464. The molecule has 0 spiro atoms. The van der Waals surface area contributed by atoms with E-state index in [1.54, 1.807) is 6.07 Å². The molecule has 1 unspecified atom stereocenters. The van der Waals surface area contributed by atoms with Gasteiger partial charge in [-0.1, -0.05) is 11.6 Å². The van der Waals surface area contributed by atoms with Crippen LogP contribution in [0.4, 0.5) is 25.8 Å². The first kappa shape index (κ1) is 24.7. The number of alkyl halides is 2. The number of carbonyl (C=O) groups excluding carboxylic acids is 3. The minimum atomic E-state index is -1.22. The summed E-state index contributed by atoms with van der Waals surface area (Å²) < 4.78 is 28.0. The van der Waals surface area contributed by atoms with Crippen molar-refractivity contribution in [1.82, 2.24) is 0 Å². The number of anilines is 3. The Morgan fingerprint density at radius 3 is 2.48 bits per heavy atom. The molecule has 7 nitrogen and oxygen atoms in total. The summed E-state index contributed by atoms with van der Waals surface area (Å²) in [4.78, 5) is 37.4. The van der Waals surface area contributed by atoms with Gasteiger partial charge >= 0.3 is 0 Å². The van der Waals surface area contributed by atoms with Gasteiger partial charge < -0.3 is 15.5 Å². The molecule has 0 saturated heterocycles. The molecule has 3 amide bonds. The molecule has 1 fully saturated rings. The van der Waals surface area contributed by atoms with Gasteiger partial charge in [0, 0.05) is 12.7 Å². The number of benzene rings is 2. The van der Waals surface area contributed by atoms with Crippen molar-refractivity contribution in [3.8, 4) is 6.07 Å². The Hall–Kier alpha value is -2.93. The monoisotopic (exact) mass is 514 g/mol. The Balaban J connectivity index is 1.83. The molecule has 1 aliphatic rings. The third-order valence-corrected chi connectivity index (χ3v) is 6.04. The molecule has 0 aromatic heterocycles. The van der Waals surface area contributed by atoms with Crippen LogP contribution < -0.4 is 15.5 Å². The van der Waals surface area contributed by atoms with E-state index in [1.165, 1.54) is 18.2 Å². The number of hydrogen-bond donors (Lipinski definition) is 2. The van der Waals surface area contributed by atoms with Crippen molar-refractivity contribution in [2.24, 2.45) is 5.92 Å². The highest BCUT2D eigenvalue weighted by Crippen LogP contribution is 2.53. The fourth-order valence-corrected chi connectivity index (χ4v) is 3.66. The molecule has 2 aromatic carbocycles. The molecule has 172 valence electrons. The Labute approximate surface area is 202 Å². The second-order valence-electron chi connectivity index (χ2n) is 7.20. The number of nitriles is 1. The fourth-order valence-electron chi connectivity index (χ4n) is 2.95. The predicted octanol–water partition coefficient (Wildman–Crippen LogP) is 4.88. The third kappa shape index (κ3) is 5.36. The van der Waals surface area contributed by atoms with Gasteiger partial charge in [0.2, 0.25) is 11.8 Å². The lowest BCUT2D eigenvalue weighted by atomic mass is 10.1. The molecule has 1 saturated carbocycles. The number of nitrogens with one attached hydrogen (secondary N) is 2. The van der Waals surface area contributed by atoms with E-state index in [0.717, 1.165) is 19.2 Å². The number of rotatable bonds is 6. The molecule has 12 heteroatoms. The van der Waals surface area contributed by atoms with E-state index >= 15 is 0 Å². The van der Waals surface area contributed by atoms with Gasteiger partial charge in [0.25, 0.3) is 5.91 Å². The zero-order valence-electron chi connectivity index (χ0n) is 16.9. The molecule has 0 radical (unpaired) electrons. The van der Waals surface area contributed by atoms with Crippen molar-refractivity contribution in [1.29, 1.82) is 5.26 Å². The van der Waals surface area contributed by atoms with E-state index in [-0.39, 0.29) is 16.3 Å². The van der Waals surface area contributed by atoms with Crippen LogP contribution >= 0.6 is 34.8 Å². The SMILES string of the molecule is CN(C(=O)CC#N)c1c(F)ccc(NC(=O)c2cc(NC(=O)C3CC3(Cl)Cl)ccc2Cl)c1F. The Bertz CT molecular complexity index is 1200. The quantitative estimate of drug-likeness (QED) is 0.535. The summed E-state index contributed by atoms with van der Waals surface area (Å²) in [5, 5.41) is 13.5. The fraction of sp³-hybridized carbons (Fsp3) is 0.238. The van der Waals surface area contributed by atoms with E-state index in [4.69, 9.17) is 40.1 Å². The van der Waals surface area contributed by atoms with E-state index in [1.807, 2.05) is 0 Å². The van der Waals surface area contributed by atoms with Crippen LogP contribution in [0.25, 0.3) is 0 Å². The first-order valence-electron chi connectivity index (χ1n) is 9.37. The lowest BCUT2D eigenvalue weighted by Crippen LogP contribution is -2.28. The molecule has 33 heavy (non-hydrogen) atoms. The summed E-state index contributed by atoms with van der Waals surface area (Å²) in [6.45, 7) is 0. The number of carbonyl (C=O) groups is 3. The van der Waals surface area contributed by atoms with E-state index in [2.05, 4.69) is 10.6 Å². The van der Waals surface area contributed by atoms with Crippen molar-refractivity contribution in [3.05, 3.63) is 52.6 Å². The highest BCUT2D eigenvalue weighted by atomic mass is 35.5. The van der Waals surface area contributed by atoms with Crippen molar-refractivity contribution < 1.29 is 23.2 Å². The van der Waals surface area contributed by atoms with Gasteiger partial charge in [-0.15, -0.1) is 23.2 Å². The van der Waals surface area contributed by atoms with Gasteiger partial charge in [-0.3, -0.25) is 14.4 Å². The lowest BCUT2D eigenvalue weighted by molar-refractivity contribution is -0.118. The lowest BCUT2D eigenvalue weighted by Gasteiger charge is -2.19. The molecular formula is C21H15Cl3F2N4O3. The summed E-state index contributed by atoms with van der Waals surface area (Å²) in [6.07, 6.45) is -0.296. The minimum Gasteiger partial charge on any atom is -0.326 e. The van der Waals surface area contributed by atoms with Crippen molar-refractivity contribution >= 4 is 69.6 Å². The van der Waals surface area contributed by atoms with Crippen LogP contribution in [-0.2, 0) is 9.59 Å². The van der Waals surface area contributed by atoms with Gasteiger partial charge in [0.15, 0.2) is 5.82 Å². The second kappa shape index (κ2) is 9.51. The summed E-state index contributed by atoms with van der Waals surface area (Å²) in [5.41, 5.74) is -1.03. The van der Waals surface area contributed by atoms with Crippen molar-refractivity contribution in [3.63, 3.8) is 0 Å². The molecular weight excluding hydrogens is 501 g/mol. The largest absolute Gasteiger partial charge is 0.326 e. The highest BCUT2D eigenvalue weighted by molar-refractivity contribution is 6.52. The summed E-state index contributed by atoms with van der Waals surface area (Å²) in [7, 11) is 1.10. The van der Waals surface area contributed by atoms with Gasteiger partial charge in [-0.05, 0) is 36.8 Å². The maximum absolute atomic E-state index is 14.9. The van der Waals surface area contributed by atoms with Crippen LogP contribution in [0.3, 0.4) is 0 Å². The van der Waals surface area contributed by atoms with Crippen LogP contribution in [0, 0.1) is 28.9 Å². The molecule has 0 aliphatic heterocycles. The predicted molar refractivity (Wildman–Crippen MR) is 121 cm³/mol.